The summed E-state index contributed by atoms with van der Waals surface area (Å²) in [4.78, 5) is 70.7. The number of ether oxygens (including phenoxy) is 3. The number of amides is 3. The summed E-state index contributed by atoms with van der Waals surface area (Å²) in [5.74, 6) is -1.85. The second-order valence-electron chi connectivity index (χ2n) is 13.0. The maximum absolute atomic E-state index is 14.2. The third kappa shape index (κ3) is 5.57. The largest absolute Gasteiger partial charge is 0.508 e. The average molecular weight is 728 g/mol. The summed E-state index contributed by atoms with van der Waals surface area (Å²) in [6.45, 7) is 1.68. The van der Waals surface area contributed by atoms with Gasteiger partial charge in [-0.25, -0.2) is 4.79 Å². The maximum atomic E-state index is 14.2. The molecule has 1 saturated heterocycles. The summed E-state index contributed by atoms with van der Waals surface area (Å²) >= 11 is 2.76. The molecule has 0 radical (unpaired) electrons. The minimum absolute atomic E-state index is 0.00703. The predicted octanol–water partition coefficient (Wildman–Crippen LogP) is 5.02. The number of anilines is 2. The molecule has 2 saturated carbocycles. The van der Waals surface area contributed by atoms with Crippen LogP contribution in [0.25, 0.3) is 0 Å². The van der Waals surface area contributed by atoms with Crippen molar-refractivity contribution in [2.45, 2.75) is 29.5 Å². The molecule has 14 heteroatoms. The topological polar surface area (TPSA) is 164 Å². The van der Waals surface area contributed by atoms with Gasteiger partial charge >= 0.3 is 10.8 Å². The molecule has 4 aliphatic rings. The Kier molecular flexibility index (Phi) is 8.38. The summed E-state index contributed by atoms with van der Waals surface area (Å²) in [6, 6.07) is 18.0. The number of aromatic hydroxyl groups is 1. The van der Waals surface area contributed by atoms with Crippen LogP contribution in [0.15, 0.2) is 76.6 Å². The lowest BCUT2D eigenvalue weighted by molar-refractivity contribution is -0.123. The molecule has 3 aromatic carbocycles. The Balaban J connectivity index is 1.07. The average Bonchev–Trinajstić information content (AvgIpc) is 3.87. The SMILES string of the molecule is CCOC(=O)c1ccc(N2C(=O)C3C(C2=O)[C@@H]2C[C@H]3C3Sc4[nH]c(=O)sc4[C@H](c4ccc(OCC(=O)Nc5ccc(O)cc5)c(OC)c4)C32)cc1. The number of nitrogens with one attached hydrogen (secondary N) is 2. The molecule has 12 nitrogen and oxygen atoms in total. The number of thioether (sulfide) groups is 1. The Morgan fingerprint density at radius 1 is 0.961 bits per heavy atom. The van der Waals surface area contributed by atoms with E-state index in [9.17, 15) is 29.1 Å². The standard InChI is InChI=1S/C37H33N3O9S2/c1-3-48-36(45)17-4-9-20(10-5-17)40-34(43)29-22-15-23(30(29)35(40)44)31-28(22)27(32-33(50-31)39-37(46)51-32)18-6-13-24(25(14-18)47-2)49-16-26(42)38-19-7-11-21(41)12-8-19/h4-14,22-23,27-31,41H,3,15-16H2,1-2H3,(H,38,42)(H,39,46)/t22-,23-,27-,28?,29?,30?,31?/m1/s1. The molecule has 2 bridgehead atoms. The normalized spacial score (nSPS) is 25.6. The van der Waals surface area contributed by atoms with Crippen LogP contribution in [0.4, 0.5) is 11.4 Å². The molecule has 4 unspecified atom stereocenters. The minimum atomic E-state index is -0.495. The van der Waals surface area contributed by atoms with Gasteiger partial charge in [-0.2, -0.15) is 0 Å². The van der Waals surface area contributed by atoms with Crippen LogP contribution in [-0.4, -0.2) is 59.4 Å². The van der Waals surface area contributed by atoms with Crippen molar-refractivity contribution >= 4 is 58.2 Å². The number of phenols is 1. The summed E-state index contributed by atoms with van der Waals surface area (Å²) < 4.78 is 16.6. The molecule has 3 fully saturated rings. The van der Waals surface area contributed by atoms with Gasteiger partial charge < -0.3 is 29.6 Å². The lowest BCUT2D eigenvalue weighted by atomic mass is 9.68. The molecular formula is C37H33N3O9S2. The van der Waals surface area contributed by atoms with Crippen molar-refractivity contribution in [3.05, 3.63) is 92.4 Å². The highest BCUT2D eigenvalue weighted by Crippen LogP contribution is 2.68. The Labute approximate surface area is 300 Å². The van der Waals surface area contributed by atoms with E-state index in [1.165, 1.54) is 24.1 Å². The van der Waals surface area contributed by atoms with Crippen LogP contribution >= 0.6 is 23.1 Å². The molecule has 3 heterocycles. The number of hydrogen-bond acceptors (Lipinski definition) is 11. The number of aromatic amines is 1. The van der Waals surface area contributed by atoms with Crippen molar-refractivity contribution in [1.29, 1.82) is 0 Å². The quantitative estimate of drug-likeness (QED) is 0.121. The smallest absolute Gasteiger partial charge is 0.338 e. The van der Waals surface area contributed by atoms with E-state index in [1.807, 2.05) is 12.1 Å². The van der Waals surface area contributed by atoms with Gasteiger partial charge in [-0.3, -0.25) is 24.1 Å². The zero-order valence-corrected chi connectivity index (χ0v) is 29.1. The van der Waals surface area contributed by atoms with Crippen LogP contribution < -0.4 is 24.6 Å². The first-order valence-electron chi connectivity index (χ1n) is 16.6. The number of methoxy groups -OCH3 is 1. The molecule has 7 atom stereocenters. The third-order valence-electron chi connectivity index (χ3n) is 10.4. The number of hydrogen-bond donors (Lipinski definition) is 3. The van der Waals surface area contributed by atoms with E-state index in [4.69, 9.17) is 14.2 Å². The van der Waals surface area contributed by atoms with Gasteiger partial charge in [0.15, 0.2) is 18.1 Å². The fraction of sp³-hybridized carbons (Fsp3) is 0.324. The van der Waals surface area contributed by atoms with Crippen LogP contribution in [-0.2, 0) is 19.1 Å². The lowest BCUT2D eigenvalue weighted by Crippen LogP contribution is -2.42. The summed E-state index contributed by atoms with van der Waals surface area (Å²) in [6.07, 6.45) is 0.731. The number of rotatable bonds is 9. The molecule has 1 aromatic heterocycles. The molecule has 4 aromatic rings. The maximum Gasteiger partial charge on any atom is 0.338 e. The van der Waals surface area contributed by atoms with Crippen molar-refractivity contribution < 1.29 is 38.5 Å². The van der Waals surface area contributed by atoms with Crippen molar-refractivity contribution in [3.63, 3.8) is 0 Å². The minimum Gasteiger partial charge on any atom is -0.508 e. The van der Waals surface area contributed by atoms with Gasteiger partial charge in [0.25, 0.3) is 5.91 Å². The van der Waals surface area contributed by atoms with Crippen LogP contribution in [0, 0.1) is 29.6 Å². The van der Waals surface area contributed by atoms with Gasteiger partial charge in [0.2, 0.25) is 11.8 Å². The Hall–Kier alpha value is -5.08. The molecule has 51 heavy (non-hydrogen) atoms. The zero-order chi connectivity index (χ0) is 35.6. The van der Waals surface area contributed by atoms with E-state index < -0.39 is 23.7 Å². The fourth-order valence-corrected chi connectivity index (χ4v) is 11.4. The molecule has 0 spiro atoms. The van der Waals surface area contributed by atoms with Gasteiger partial charge in [0.1, 0.15) is 5.75 Å². The number of imide groups is 1. The van der Waals surface area contributed by atoms with Crippen molar-refractivity contribution in [2.75, 3.05) is 30.5 Å². The second-order valence-corrected chi connectivity index (χ2v) is 15.2. The van der Waals surface area contributed by atoms with Gasteiger partial charge in [-0.15, -0.1) is 11.8 Å². The molecule has 2 aliphatic carbocycles. The lowest BCUT2D eigenvalue weighted by Gasteiger charge is -2.43. The molecular weight excluding hydrogens is 695 g/mol. The highest BCUT2D eigenvalue weighted by molar-refractivity contribution is 8.00. The molecule has 3 amide bonds. The van der Waals surface area contributed by atoms with Crippen LogP contribution in [0.3, 0.4) is 0 Å². The number of aromatic nitrogens is 1. The van der Waals surface area contributed by atoms with Crippen molar-refractivity contribution in [2.24, 2.45) is 29.6 Å². The Bertz CT molecular complexity index is 2110. The number of nitrogens with zero attached hydrogens (tertiary/aromatic N) is 1. The highest BCUT2D eigenvalue weighted by Gasteiger charge is 2.69. The first-order valence-corrected chi connectivity index (χ1v) is 18.3. The van der Waals surface area contributed by atoms with Crippen LogP contribution in [0.1, 0.15) is 40.1 Å². The monoisotopic (exact) mass is 727 g/mol. The van der Waals surface area contributed by atoms with Gasteiger partial charge in [0, 0.05) is 21.7 Å². The van der Waals surface area contributed by atoms with Crippen molar-refractivity contribution in [3.8, 4) is 17.2 Å². The molecule has 3 N–H and O–H groups in total. The van der Waals surface area contributed by atoms with E-state index in [-0.39, 0.29) is 64.6 Å². The van der Waals surface area contributed by atoms with Crippen LogP contribution in [0.2, 0.25) is 0 Å². The van der Waals surface area contributed by atoms with Gasteiger partial charge in [0.05, 0.1) is 41.8 Å². The van der Waals surface area contributed by atoms with Gasteiger partial charge in [-0.05, 0) is 97.3 Å². The summed E-state index contributed by atoms with van der Waals surface area (Å²) in [5, 5.41) is 13.0. The number of esters is 1. The number of carbonyl (C=O) groups is 4. The van der Waals surface area contributed by atoms with Crippen molar-refractivity contribution in [1.82, 2.24) is 4.98 Å². The summed E-state index contributed by atoms with van der Waals surface area (Å²) in [7, 11) is 1.51. The van der Waals surface area contributed by atoms with E-state index in [2.05, 4.69) is 10.3 Å². The predicted molar refractivity (Wildman–Crippen MR) is 189 cm³/mol. The Morgan fingerprint density at radius 3 is 2.39 bits per heavy atom. The molecule has 2 aliphatic heterocycles. The van der Waals surface area contributed by atoms with E-state index in [0.717, 1.165) is 33.2 Å². The number of benzene rings is 3. The number of phenolic OH excluding ortho intramolecular Hbond substituents is 1. The van der Waals surface area contributed by atoms with Gasteiger partial charge in [-0.1, -0.05) is 17.4 Å². The van der Waals surface area contributed by atoms with Crippen LogP contribution in [0.5, 0.6) is 17.2 Å². The molecule has 262 valence electrons. The first kappa shape index (κ1) is 33.1. The molecule has 8 rings (SSSR count). The first-order chi connectivity index (χ1) is 24.7. The Morgan fingerprint density at radius 2 is 1.69 bits per heavy atom. The van der Waals surface area contributed by atoms with E-state index >= 15 is 0 Å². The van der Waals surface area contributed by atoms with E-state index in [0.29, 0.717) is 28.4 Å². The number of H-pyrrole nitrogens is 1. The number of thiazole rings is 1. The summed E-state index contributed by atoms with van der Waals surface area (Å²) in [5.41, 5.74) is 2.17. The zero-order valence-electron chi connectivity index (χ0n) is 27.5. The third-order valence-corrected chi connectivity index (χ3v) is 13.0. The van der Waals surface area contributed by atoms with E-state index in [1.54, 1.807) is 61.2 Å². The fourth-order valence-electron chi connectivity index (χ4n) is 8.49. The number of fused-ring (bicyclic) bond motifs is 9. The second kappa shape index (κ2) is 12.9. The number of carbonyl (C=O) groups excluding carboxylic acids is 4. The highest BCUT2D eigenvalue weighted by atomic mass is 32.2.